The molecule has 0 atom stereocenters. The number of carbonyl (C=O) groups excluding carboxylic acids is 1. The number of anilines is 1. The highest BCUT2D eigenvalue weighted by atomic mass is 32.2. The van der Waals surface area contributed by atoms with E-state index in [1.54, 1.807) is 0 Å². The van der Waals surface area contributed by atoms with Gasteiger partial charge in [0.2, 0.25) is 0 Å². The van der Waals surface area contributed by atoms with Crippen molar-refractivity contribution in [1.29, 1.82) is 0 Å². The Balaban J connectivity index is 1.80. The molecule has 1 amide bonds. The molecule has 2 aromatic rings. The molecule has 0 bridgehead atoms. The molecule has 0 fully saturated rings. The molecule has 0 aliphatic carbocycles. The van der Waals surface area contributed by atoms with Crippen molar-refractivity contribution in [2.24, 2.45) is 4.40 Å². The van der Waals surface area contributed by atoms with E-state index in [0.29, 0.717) is 6.42 Å². The fourth-order valence-corrected chi connectivity index (χ4v) is 3.95. The lowest BCUT2D eigenvalue weighted by Crippen LogP contribution is -2.34. The zero-order valence-corrected chi connectivity index (χ0v) is 16.7. The monoisotopic (exact) mass is 437 g/mol. The van der Waals surface area contributed by atoms with Crippen LogP contribution in [-0.4, -0.2) is 30.9 Å². The van der Waals surface area contributed by atoms with E-state index in [4.69, 9.17) is 0 Å². The van der Waals surface area contributed by atoms with Gasteiger partial charge in [-0.2, -0.15) is 21.6 Å². The number of hydrogen-bond donors (Lipinski definition) is 1. The fraction of sp³-hybridized carbons (Fsp3) is 0.200. The molecule has 0 saturated heterocycles. The fourth-order valence-electron chi connectivity index (χ4n) is 2.84. The predicted molar refractivity (Wildman–Crippen MR) is 107 cm³/mol. The second-order valence-corrected chi connectivity index (χ2v) is 8.12. The molecule has 30 heavy (non-hydrogen) atoms. The summed E-state index contributed by atoms with van der Waals surface area (Å²) in [5.41, 5.74) is -0.156. The van der Waals surface area contributed by atoms with Crippen LogP contribution in [0, 0.1) is 0 Å². The van der Waals surface area contributed by atoms with Crippen LogP contribution < -0.4 is 5.32 Å². The molecular formula is C20H18F3N3O3S. The van der Waals surface area contributed by atoms with Crippen molar-refractivity contribution in [3.63, 3.8) is 0 Å². The van der Waals surface area contributed by atoms with Crippen molar-refractivity contribution >= 4 is 27.5 Å². The van der Waals surface area contributed by atoms with Crippen LogP contribution in [0.15, 0.2) is 70.8 Å². The molecule has 1 heterocycles. The Bertz CT molecular complexity index is 1110. The van der Waals surface area contributed by atoms with E-state index in [2.05, 4.69) is 9.71 Å². The van der Waals surface area contributed by atoms with Crippen LogP contribution in [-0.2, 0) is 27.6 Å². The first kappa shape index (κ1) is 21.6. The average Bonchev–Trinajstić information content (AvgIpc) is 2.67. The second-order valence-electron chi connectivity index (χ2n) is 6.58. The van der Waals surface area contributed by atoms with Crippen LogP contribution in [0.25, 0.3) is 0 Å². The van der Waals surface area contributed by atoms with Crippen molar-refractivity contribution in [2.45, 2.75) is 19.5 Å². The van der Waals surface area contributed by atoms with Crippen LogP contribution in [0.4, 0.5) is 18.9 Å². The van der Waals surface area contributed by atoms with E-state index < -0.39 is 27.9 Å². The van der Waals surface area contributed by atoms with Crippen LogP contribution in [0.3, 0.4) is 0 Å². The minimum atomic E-state index is -4.55. The highest BCUT2D eigenvalue weighted by molar-refractivity contribution is 7.88. The summed E-state index contributed by atoms with van der Waals surface area (Å²) in [5.74, 6) is -0.754. The molecule has 1 aliphatic rings. The lowest BCUT2D eigenvalue weighted by Gasteiger charge is -2.23. The van der Waals surface area contributed by atoms with E-state index in [1.165, 1.54) is 19.1 Å². The maximum Gasteiger partial charge on any atom is 0.416 e. The number of amides is 1. The second kappa shape index (κ2) is 8.31. The molecule has 2 aromatic carbocycles. The van der Waals surface area contributed by atoms with E-state index in [1.807, 2.05) is 30.3 Å². The Hall–Kier alpha value is -3.14. The van der Waals surface area contributed by atoms with Gasteiger partial charge in [0.15, 0.2) is 0 Å². The summed E-state index contributed by atoms with van der Waals surface area (Å²) in [5, 5.41) is 2.37. The molecule has 0 aromatic heterocycles. The number of nitrogens with one attached hydrogen (secondary N) is 1. The number of carbonyl (C=O) groups is 1. The third kappa shape index (κ3) is 5.07. The number of hydrogen-bond acceptors (Lipinski definition) is 3. The van der Waals surface area contributed by atoms with E-state index in [-0.39, 0.29) is 23.5 Å². The van der Waals surface area contributed by atoms with Crippen LogP contribution in [0.1, 0.15) is 18.1 Å². The van der Waals surface area contributed by atoms with Crippen LogP contribution in [0.2, 0.25) is 0 Å². The maximum atomic E-state index is 12.9. The number of nitrogens with zero attached hydrogens (tertiary/aromatic N) is 2. The smallest absolute Gasteiger partial charge is 0.322 e. The van der Waals surface area contributed by atoms with Crippen molar-refractivity contribution in [2.75, 3.05) is 11.9 Å². The van der Waals surface area contributed by atoms with Gasteiger partial charge in [0.25, 0.3) is 5.91 Å². The zero-order chi connectivity index (χ0) is 21.9. The average molecular weight is 437 g/mol. The van der Waals surface area contributed by atoms with Crippen molar-refractivity contribution in [3.05, 3.63) is 77.5 Å². The molecule has 6 nitrogen and oxygen atoms in total. The first-order valence-electron chi connectivity index (χ1n) is 8.89. The lowest BCUT2D eigenvalue weighted by molar-refractivity contribution is -0.137. The Morgan fingerprint density at radius 1 is 1.10 bits per heavy atom. The number of benzene rings is 2. The molecule has 1 N–H and O–H groups in total. The van der Waals surface area contributed by atoms with Crippen molar-refractivity contribution in [3.8, 4) is 0 Å². The zero-order valence-electron chi connectivity index (χ0n) is 15.8. The molecular weight excluding hydrogens is 419 g/mol. The largest absolute Gasteiger partial charge is 0.416 e. The number of halogens is 3. The van der Waals surface area contributed by atoms with Gasteiger partial charge in [0.1, 0.15) is 0 Å². The van der Waals surface area contributed by atoms with Gasteiger partial charge in [-0.1, -0.05) is 36.4 Å². The molecule has 0 spiro atoms. The van der Waals surface area contributed by atoms with Gasteiger partial charge in [-0.25, -0.2) is 0 Å². The topological polar surface area (TPSA) is 78.8 Å². The number of alkyl halides is 3. The predicted octanol–water partition coefficient (Wildman–Crippen LogP) is 3.79. The molecule has 0 unspecified atom stereocenters. The maximum absolute atomic E-state index is 12.9. The summed E-state index contributed by atoms with van der Waals surface area (Å²) in [4.78, 5) is 12.6. The Morgan fingerprint density at radius 3 is 2.47 bits per heavy atom. The quantitative estimate of drug-likeness (QED) is 0.773. The number of rotatable bonds is 5. The van der Waals surface area contributed by atoms with E-state index in [0.717, 1.165) is 28.2 Å². The van der Waals surface area contributed by atoms with Gasteiger partial charge in [-0.3, -0.25) is 9.10 Å². The lowest BCUT2D eigenvalue weighted by atomic mass is 10.1. The minimum Gasteiger partial charge on any atom is -0.322 e. The summed E-state index contributed by atoms with van der Waals surface area (Å²) in [6.45, 7) is 1.41. The first-order chi connectivity index (χ1) is 14.1. The highest BCUT2D eigenvalue weighted by Gasteiger charge is 2.31. The summed E-state index contributed by atoms with van der Waals surface area (Å²) in [7, 11) is -3.99. The summed E-state index contributed by atoms with van der Waals surface area (Å²) < 4.78 is 67.8. The Kier molecular flexibility index (Phi) is 5.97. The van der Waals surface area contributed by atoms with Crippen LogP contribution >= 0.6 is 0 Å². The molecule has 0 saturated carbocycles. The first-order valence-corrected chi connectivity index (χ1v) is 10.3. The van der Waals surface area contributed by atoms with Gasteiger partial charge in [-0.05, 0) is 37.1 Å². The van der Waals surface area contributed by atoms with Crippen molar-refractivity contribution < 1.29 is 26.4 Å². The van der Waals surface area contributed by atoms with Gasteiger partial charge in [0.05, 0.1) is 16.8 Å². The Labute approximate surface area is 171 Å². The third-order valence-corrected chi connectivity index (χ3v) is 5.75. The molecule has 158 valence electrons. The van der Waals surface area contributed by atoms with Gasteiger partial charge < -0.3 is 5.32 Å². The molecule has 0 radical (unpaired) electrons. The van der Waals surface area contributed by atoms with E-state index >= 15 is 0 Å². The summed E-state index contributed by atoms with van der Waals surface area (Å²) >= 11 is 0. The van der Waals surface area contributed by atoms with Gasteiger partial charge in [0, 0.05) is 18.4 Å². The minimum absolute atomic E-state index is 0.0459. The summed E-state index contributed by atoms with van der Waals surface area (Å²) in [6.07, 6.45) is -3.00. The highest BCUT2D eigenvalue weighted by Crippen LogP contribution is 2.31. The normalized spacial score (nSPS) is 15.9. The molecule has 1 aliphatic heterocycles. The molecule has 10 heteroatoms. The van der Waals surface area contributed by atoms with Gasteiger partial charge in [-0.15, -0.1) is 4.40 Å². The summed E-state index contributed by atoms with van der Waals surface area (Å²) in [6, 6.07) is 13.4. The van der Waals surface area contributed by atoms with Crippen molar-refractivity contribution in [1.82, 2.24) is 4.31 Å². The van der Waals surface area contributed by atoms with Crippen LogP contribution in [0.5, 0.6) is 0 Å². The van der Waals surface area contributed by atoms with E-state index in [9.17, 15) is 26.4 Å². The SMILES string of the molecule is CC1=NS(=O)(=O)N(CCc2ccccc2)C=C1C(=O)Nc1cccc(C(F)(F)F)c1. The third-order valence-electron chi connectivity index (χ3n) is 4.37. The Morgan fingerprint density at radius 2 is 1.80 bits per heavy atom. The standard InChI is InChI=1S/C20H18F3N3O3S/c1-14-18(19(27)24-17-9-5-8-16(12-17)20(21,22)23)13-26(30(28,29)25-14)11-10-15-6-3-2-4-7-15/h2-9,12-13H,10-11H2,1H3,(H,24,27). The molecule has 3 rings (SSSR count). The van der Waals surface area contributed by atoms with Gasteiger partial charge >= 0.3 is 16.4 Å².